The third kappa shape index (κ3) is 2.58. The first-order valence-corrected chi connectivity index (χ1v) is 6.04. The highest BCUT2D eigenvalue weighted by Gasteiger charge is 2.22. The van der Waals surface area contributed by atoms with Gasteiger partial charge in [0.05, 0.1) is 0 Å². The summed E-state index contributed by atoms with van der Waals surface area (Å²) in [6.45, 7) is 4.63. The average Bonchev–Trinajstić information content (AvgIpc) is 2.39. The molecule has 92 valence electrons. The Kier molecular flexibility index (Phi) is 3.64. The normalized spacial score (nSPS) is 19.9. The molecule has 0 radical (unpaired) electrons. The van der Waals surface area contributed by atoms with Crippen molar-refractivity contribution in [2.45, 2.75) is 13.0 Å². The van der Waals surface area contributed by atoms with Crippen molar-refractivity contribution in [2.24, 2.45) is 0 Å². The van der Waals surface area contributed by atoms with Crippen molar-refractivity contribution in [2.75, 3.05) is 31.6 Å². The van der Waals surface area contributed by atoms with Crippen molar-refractivity contribution in [3.05, 3.63) is 29.8 Å². The number of amides is 1. The number of benzene rings is 1. The van der Waals surface area contributed by atoms with Crippen LogP contribution in [0, 0.1) is 0 Å². The Balaban J connectivity index is 2.14. The molecule has 0 bridgehead atoms. The zero-order chi connectivity index (χ0) is 12.3. The van der Waals surface area contributed by atoms with Crippen molar-refractivity contribution in [1.82, 2.24) is 10.6 Å². The zero-order valence-electron chi connectivity index (χ0n) is 10.4. The molecule has 1 aliphatic rings. The first-order chi connectivity index (χ1) is 8.22. The average molecular weight is 233 g/mol. The third-order valence-corrected chi connectivity index (χ3v) is 3.18. The second-order valence-corrected chi connectivity index (χ2v) is 4.28. The summed E-state index contributed by atoms with van der Waals surface area (Å²) < 4.78 is 0. The minimum absolute atomic E-state index is 0.0628. The Labute approximate surface area is 102 Å². The fourth-order valence-electron chi connectivity index (χ4n) is 1.97. The highest BCUT2D eigenvalue weighted by atomic mass is 16.2. The fourth-order valence-corrected chi connectivity index (χ4v) is 1.97. The number of carbonyl (C=O) groups excluding carboxylic acids is 1. The summed E-state index contributed by atoms with van der Waals surface area (Å²) in [4.78, 5) is 13.9. The van der Waals surface area contributed by atoms with Gasteiger partial charge in [-0.15, -0.1) is 0 Å². The summed E-state index contributed by atoms with van der Waals surface area (Å²) in [5, 5.41) is 6.09. The molecule has 1 atom stereocenters. The zero-order valence-corrected chi connectivity index (χ0v) is 10.4. The summed E-state index contributed by atoms with van der Waals surface area (Å²) in [7, 11) is 2.06. The van der Waals surface area contributed by atoms with Gasteiger partial charge in [-0.2, -0.15) is 0 Å². The molecule has 1 amide bonds. The Morgan fingerprint density at radius 3 is 2.59 bits per heavy atom. The molecule has 17 heavy (non-hydrogen) atoms. The number of anilines is 1. The standard InChI is InChI=1S/C13H19N3O/c1-3-16(2)11-6-4-10(5-7-11)12-13(17)15-9-8-14-12/h4-7,12,14H,3,8-9H2,1-2H3,(H,15,17). The maximum absolute atomic E-state index is 11.7. The quantitative estimate of drug-likeness (QED) is 0.815. The Bertz CT molecular complexity index is 388. The van der Waals surface area contributed by atoms with Gasteiger partial charge in [0.2, 0.25) is 5.91 Å². The molecule has 0 spiro atoms. The van der Waals surface area contributed by atoms with Crippen LogP contribution in [0.5, 0.6) is 0 Å². The van der Waals surface area contributed by atoms with Gasteiger partial charge in [0.15, 0.2) is 0 Å². The van der Waals surface area contributed by atoms with E-state index in [-0.39, 0.29) is 11.9 Å². The molecule has 0 saturated carbocycles. The molecule has 0 aromatic heterocycles. The summed E-state index contributed by atoms with van der Waals surface area (Å²) in [5.74, 6) is 0.0628. The van der Waals surface area contributed by atoms with Gasteiger partial charge < -0.3 is 15.5 Å². The van der Waals surface area contributed by atoms with E-state index in [9.17, 15) is 4.79 Å². The summed E-state index contributed by atoms with van der Waals surface area (Å²) >= 11 is 0. The monoisotopic (exact) mass is 233 g/mol. The van der Waals surface area contributed by atoms with Gasteiger partial charge in [-0.1, -0.05) is 12.1 Å². The van der Waals surface area contributed by atoms with Gasteiger partial charge in [-0.05, 0) is 24.6 Å². The molecule has 4 heteroatoms. The van der Waals surface area contributed by atoms with Crippen LogP contribution in [0.4, 0.5) is 5.69 Å². The number of rotatable bonds is 3. The first-order valence-electron chi connectivity index (χ1n) is 6.04. The number of nitrogens with one attached hydrogen (secondary N) is 2. The highest BCUT2D eigenvalue weighted by molar-refractivity contribution is 5.84. The first kappa shape index (κ1) is 11.9. The molecule has 1 fully saturated rings. The molecule has 1 aromatic rings. The number of hydrogen-bond donors (Lipinski definition) is 2. The van der Waals surface area contributed by atoms with Crippen LogP contribution in [0.2, 0.25) is 0 Å². The lowest BCUT2D eigenvalue weighted by molar-refractivity contribution is -0.124. The predicted molar refractivity (Wildman–Crippen MR) is 69.1 cm³/mol. The molecule has 1 aliphatic heterocycles. The molecule has 1 aromatic carbocycles. The third-order valence-electron chi connectivity index (χ3n) is 3.18. The molecular weight excluding hydrogens is 214 g/mol. The number of piperazine rings is 1. The smallest absolute Gasteiger partial charge is 0.241 e. The number of hydrogen-bond acceptors (Lipinski definition) is 3. The van der Waals surface area contributed by atoms with Crippen LogP contribution in [0.25, 0.3) is 0 Å². The van der Waals surface area contributed by atoms with Crippen LogP contribution in [-0.4, -0.2) is 32.6 Å². The fraction of sp³-hybridized carbons (Fsp3) is 0.462. The highest BCUT2D eigenvalue weighted by Crippen LogP contribution is 2.19. The minimum atomic E-state index is -0.204. The molecule has 1 unspecified atom stereocenters. The second kappa shape index (κ2) is 5.19. The van der Waals surface area contributed by atoms with Crippen molar-refractivity contribution in [3.8, 4) is 0 Å². The van der Waals surface area contributed by atoms with Crippen molar-refractivity contribution >= 4 is 11.6 Å². The maximum atomic E-state index is 11.7. The summed E-state index contributed by atoms with van der Waals surface area (Å²) in [6.07, 6.45) is 0. The maximum Gasteiger partial charge on any atom is 0.241 e. The second-order valence-electron chi connectivity index (χ2n) is 4.28. The number of nitrogens with zero attached hydrogens (tertiary/aromatic N) is 1. The molecular formula is C13H19N3O. The van der Waals surface area contributed by atoms with Crippen LogP contribution >= 0.6 is 0 Å². The van der Waals surface area contributed by atoms with Gasteiger partial charge >= 0.3 is 0 Å². The lowest BCUT2D eigenvalue weighted by atomic mass is 10.0. The summed E-state index contributed by atoms with van der Waals surface area (Å²) in [6, 6.07) is 7.95. The lowest BCUT2D eigenvalue weighted by Crippen LogP contribution is -2.47. The van der Waals surface area contributed by atoms with E-state index in [1.807, 2.05) is 12.1 Å². The van der Waals surface area contributed by atoms with E-state index in [0.717, 1.165) is 18.7 Å². The van der Waals surface area contributed by atoms with E-state index in [1.165, 1.54) is 5.69 Å². The van der Waals surface area contributed by atoms with Crippen LogP contribution in [0.3, 0.4) is 0 Å². The van der Waals surface area contributed by atoms with Gasteiger partial charge in [-0.25, -0.2) is 0 Å². The van der Waals surface area contributed by atoms with Crippen molar-refractivity contribution < 1.29 is 4.79 Å². The largest absolute Gasteiger partial charge is 0.375 e. The van der Waals surface area contributed by atoms with E-state index >= 15 is 0 Å². The molecule has 4 nitrogen and oxygen atoms in total. The van der Waals surface area contributed by atoms with E-state index < -0.39 is 0 Å². The summed E-state index contributed by atoms with van der Waals surface area (Å²) in [5.41, 5.74) is 2.20. The topological polar surface area (TPSA) is 44.4 Å². The van der Waals surface area contributed by atoms with Crippen LogP contribution in [0.1, 0.15) is 18.5 Å². The molecule has 2 rings (SSSR count). The van der Waals surface area contributed by atoms with E-state index in [4.69, 9.17) is 0 Å². The van der Waals surface area contributed by atoms with Gasteiger partial charge in [0, 0.05) is 32.4 Å². The molecule has 2 N–H and O–H groups in total. The molecule has 1 saturated heterocycles. The Hall–Kier alpha value is -1.55. The van der Waals surface area contributed by atoms with E-state index in [1.54, 1.807) is 0 Å². The van der Waals surface area contributed by atoms with E-state index in [2.05, 4.69) is 41.6 Å². The van der Waals surface area contributed by atoms with Gasteiger partial charge in [0.1, 0.15) is 6.04 Å². The minimum Gasteiger partial charge on any atom is -0.375 e. The van der Waals surface area contributed by atoms with Gasteiger partial charge in [0.25, 0.3) is 0 Å². The predicted octanol–water partition coefficient (Wildman–Crippen LogP) is 0.903. The van der Waals surface area contributed by atoms with Crippen LogP contribution < -0.4 is 15.5 Å². The SMILES string of the molecule is CCN(C)c1ccc(C2NCCNC2=O)cc1. The van der Waals surface area contributed by atoms with Gasteiger partial charge in [-0.3, -0.25) is 4.79 Å². The Morgan fingerprint density at radius 2 is 2.00 bits per heavy atom. The Morgan fingerprint density at radius 1 is 1.29 bits per heavy atom. The lowest BCUT2D eigenvalue weighted by Gasteiger charge is -2.24. The van der Waals surface area contributed by atoms with Crippen molar-refractivity contribution in [1.29, 1.82) is 0 Å². The van der Waals surface area contributed by atoms with Crippen LogP contribution in [-0.2, 0) is 4.79 Å². The van der Waals surface area contributed by atoms with E-state index in [0.29, 0.717) is 6.54 Å². The van der Waals surface area contributed by atoms with Crippen molar-refractivity contribution in [3.63, 3.8) is 0 Å². The molecule has 1 heterocycles. The molecule has 0 aliphatic carbocycles. The van der Waals surface area contributed by atoms with Crippen LogP contribution in [0.15, 0.2) is 24.3 Å². The number of carbonyl (C=O) groups is 1.